The molecular formula is C11H14FNO2S. The van der Waals surface area contributed by atoms with E-state index in [-0.39, 0.29) is 24.3 Å². The molecule has 0 bridgehead atoms. The van der Waals surface area contributed by atoms with Crippen LogP contribution in [0.1, 0.15) is 16.8 Å². The van der Waals surface area contributed by atoms with Gasteiger partial charge in [0.25, 0.3) is 0 Å². The van der Waals surface area contributed by atoms with Gasteiger partial charge in [0.15, 0.2) is 5.78 Å². The van der Waals surface area contributed by atoms with Crippen LogP contribution in [0.3, 0.4) is 0 Å². The molecule has 2 N–H and O–H groups in total. The van der Waals surface area contributed by atoms with Crippen molar-refractivity contribution in [1.29, 1.82) is 0 Å². The number of methoxy groups -OCH3 is 1. The number of hydrogen-bond acceptors (Lipinski definition) is 4. The standard InChI is InChI=1S/C11H14FNO2S/c1-15-11-8(9(14)3-4-13)5-7(12)6-10(11)16-2/h5-6H,3-4,13H2,1-2H3. The lowest BCUT2D eigenvalue weighted by atomic mass is 10.1. The maximum absolute atomic E-state index is 13.3. The molecule has 16 heavy (non-hydrogen) atoms. The fraction of sp³-hybridized carbons (Fsp3) is 0.364. The van der Waals surface area contributed by atoms with Crippen LogP contribution in [0.15, 0.2) is 17.0 Å². The van der Waals surface area contributed by atoms with Crippen molar-refractivity contribution < 1.29 is 13.9 Å². The van der Waals surface area contributed by atoms with Crippen molar-refractivity contribution in [3.8, 4) is 5.75 Å². The van der Waals surface area contributed by atoms with Gasteiger partial charge in [-0.1, -0.05) is 0 Å². The Bertz CT molecular complexity index is 396. The predicted octanol–water partition coefficient (Wildman–Crippen LogP) is 2.09. The van der Waals surface area contributed by atoms with Crippen LogP contribution in [0.4, 0.5) is 4.39 Å². The molecule has 3 nitrogen and oxygen atoms in total. The number of ether oxygens (including phenoxy) is 1. The highest BCUT2D eigenvalue weighted by molar-refractivity contribution is 7.98. The molecule has 0 atom stereocenters. The Hall–Kier alpha value is -1.07. The summed E-state index contributed by atoms with van der Waals surface area (Å²) in [6, 6.07) is 2.54. The van der Waals surface area contributed by atoms with Crippen LogP contribution < -0.4 is 10.5 Å². The van der Waals surface area contributed by atoms with Gasteiger partial charge in [-0.15, -0.1) is 11.8 Å². The van der Waals surface area contributed by atoms with Crippen molar-refractivity contribution in [3.05, 3.63) is 23.5 Å². The summed E-state index contributed by atoms with van der Waals surface area (Å²) < 4.78 is 18.4. The second-order valence-corrected chi connectivity index (χ2v) is 4.00. The number of benzene rings is 1. The minimum absolute atomic E-state index is 0.188. The van der Waals surface area contributed by atoms with E-state index >= 15 is 0 Å². The lowest BCUT2D eigenvalue weighted by Crippen LogP contribution is -2.10. The number of rotatable bonds is 5. The van der Waals surface area contributed by atoms with Crippen LogP contribution in [0.5, 0.6) is 5.75 Å². The van der Waals surface area contributed by atoms with Crippen LogP contribution in [-0.4, -0.2) is 25.7 Å². The van der Waals surface area contributed by atoms with Crippen molar-refractivity contribution in [2.45, 2.75) is 11.3 Å². The molecule has 0 spiro atoms. The molecule has 0 aliphatic carbocycles. The van der Waals surface area contributed by atoms with E-state index < -0.39 is 5.82 Å². The zero-order valence-electron chi connectivity index (χ0n) is 9.25. The number of carbonyl (C=O) groups excluding carboxylic acids is 1. The number of hydrogen-bond donors (Lipinski definition) is 1. The Balaban J connectivity index is 3.24. The van der Waals surface area contributed by atoms with Crippen molar-refractivity contribution in [2.75, 3.05) is 19.9 Å². The van der Waals surface area contributed by atoms with Gasteiger partial charge < -0.3 is 10.5 Å². The normalized spacial score (nSPS) is 10.2. The zero-order valence-corrected chi connectivity index (χ0v) is 10.1. The van der Waals surface area contributed by atoms with Crippen molar-refractivity contribution in [3.63, 3.8) is 0 Å². The number of halogens is 1. The summed E-state index contributed by atoms with van der Waals surface area (Å²) in [4.78, 5) is 12.3. The lowest BCUT2D eigenvalue weighted by Gasteiger charge is -2.11. The van der Waals surface area contributed by atoms with Gasteiger partial charge in [-0.25, -0.2) is 4.39 Å². The molecule has 0 fully saturated rings. The van der Waals surface area contributed by atoms with Gasteiger partial charge in [0.2, 0.25) is 0 Å². The molecule has 1 aromatic carbocycles. The first-order valence-electron chi connectivity index (χ1n) is 4.78. The van der Waals surface area contributed by atoms with Crippen LogP contribution in [-0.2, 0) is 0 Å². The van der Waals surface area contributed by atoms with Gasteiger partial charge in [0.1, 0.15) is 11.6 Å². The molecule has 0 saturated carbocycles. The van der Waals surface area contributed by atoms with E-state index in [0.29, 0.717) is 10.6 Å². The molecule has 0 heterocycles. The van der Waals surface area contributed by atoms with Crippen LogP contribution >= 0.6 is 11.8 Å². The van der Waals surface area contributed by atoms with E-state index in [2.05, 4.69) is 0 Å². The lowest BCUT2D eigenvalue weighted by molar-refractivity contribution is 0.0981. The van der Waals surface area contributed by atoms with Crippen molar-refractivity contribution >= 4 is 17.5 Å². The maximum Gasteiger partial charge on any atom is 0.168 e. The quantitative estimate of drug-likeness (QED) is 0.635. The summed E-state index contributed by atoms with van der Waals surface area (Å²) in [5.74, 6) is -0.216. The van der Waals surface area contributed by atoms with E-state index in [9.17, 15) is 9.18 Å². The predicted molar refractivity (Wildman–Crippen MR) is 62.7 cm³/mol. The number of carbonyl (C=O) groups is 1. The number of Topliss-reactive ketones (excluding diaryl/α,β-unsaturated/α-hetero) is 1. The summed E-state index contributed by atoms with van der Waals surface area (Å²) in [5, 5.41) is 0. The Morgan fingerprint density at radius 3 is 2.75 bits per heavy atom. The van der Waals surface area contributed by atoms with E-state index in [1.54, 1.807) is 6.26 Å². The third-order valence-electron chi connectivity index (χ3n) is 2.12. The van der Waals surface area contributed by atoms with Gasteiger partial charge in [-0.2, -0.15) is 0 Å². The van der Waals surface area contributed by atoms with Gasteiger partial charge in [0.05, 0.1) is 17.6 Å². The molecule has 5 heteroatoms. The van der Waals surface area contributed by atoms with Crippen LogP contribution in [0.2, 0.25) is 0 Å². The SMILES string of the molecule is COc1c(SC)cc(F)cc1C(=O)CCN. The topological polar surface area (TPSA) is 52.3 Å². The minimum Gasteiger partial charge on any atom is -0.495 e. The van der Waals surface area contributed by atoms with E-state index in [4.69, 9.17) is 10.5 Å². The van der Waals surface area contributed by atoms with Gasteiger partial charge in [-0.3, -0.25) is 4.79 Å². The molecule has 0 aliphatic heterocycles. The Morgan fingerprint density at radius 2 is 2.25 bits per heavy atom. The second-order valence-electron chi connectivity index (χ2n) is 3.15. The van der Waals surface area contributed by atoms with Crippen molar-refractivity contribution in [1.82, 2.24) is 0 Å². The summed E-state index contributed by atoms with van der Waals surface area (Å²) in [7, 11) is 1.46. The zero-order chi connectivity index (χ0) is 12.1. The smallest absolute Gasteiger partial charge is 0.168 e. The molecule has 0 aromatic heterocycles. The largest absolute Gasteiger partial charge is 0.495 e. The first-order chi connectivity index (χ1) is 7.63. The molecule has 0 unspecified atom stereocenters. The molecule has 0 amide bonds. The van der Waals surface area contributed by atoms with Crippen LogP contribution in [0.25, 0.3) is 0 Å². The van der Waals surface area contributed by atoms with E-state index in [1.165, 1.54) is 31.0 Å². The monoisotopic (exact) mass is 243 g/mol. The Kier molecular flexibility index (Phi) is 4.76. The van der Waals surface area contributed by atoms with Gasteiger partial charge in [0, 0.05) is 6.42 Å². The fourth-order valence-corrected chi connectivity index (χ4v) is 2.01. The first kappa shape index (κ1) is 13.0. The molecular weight excluding hydrogens is 229 g/mol. The fourth-order valence-electron chi connectivity index (χ4n) is 1.40. The number of thioether (sulfide) groups is 1. The van der Waals surface area contributed by atoms with Gasteiger partial charge >= 0.3 is 0 Å². The number of ketones is 1. The third-order valence-corrected chi connectivity index (χ3v) is 2.86. The molecule has 0 radical (unpaired) electrons. The molecule has 1 aromatic rings. The van der Waals surface area contributed by atoms with Gasteiger partial charge in [-0.05, 0) is 24.9 Å². The van der Waals surface area contributed by atoms with E-state index in [0.717, 1.165) is 0 Å². The molecule has 88 valence electrons. The summed E-state index contributed by atoms with van der Waals surface area (Å²) in [6.45, 7) is 0.243. The highest BCUT2D eigenvalue weighted by Crippen LogP contribution is 2.32. The average Bonchev–Trinajstić information content (AvgIpc) is 2.28. The summed E-state index contributed by atoms with van der Waals surface area (Å²) in [6.07, 6.45) is 1.99. The second kappa shape index (κ2) is 5.86. The Morgan fingerprint density at radius 1 is 1.56 bits per heavy atom. The number of nitrogens with two attached hydrogens (primary N) is 1. The Labute approximate surface area is 98.2 Å². The van der Waals surface area contributed by atoms with E-state index in [1.807, 2.05) is 0 Å². The highest BCUT2D eigenvalue weighted by atomic mass is 32.2. The first-order valence-corrected chi connectivity index (χ1v) is 6.01. The molecule has 0 saturated heterocycles. The maximum atomic E-state index is 13.3. The summed E-state index contributed by atoms with van der Waals surface area (Å²) >= 11 is 1.34. The molecule has 1 rings (SSSR count). The van der Waals surface area contributed by atoms with Crippen LogP contribution in [0, 0.1) is 5.82 Å². The average molecular weight is 243 g/mol. The minimum atomic E-state index is -0.439. The molecule has 0 aliphatic rings. The highest BCUT2D eigenvalue weighted by Gasteiger charge is 2.16. The van der Waals surface area contributed by atoms with Crippen molar-refractivity contribution in [2.24, 2.45) is 5.73 Å². The third kappa shape index (κ3) is 2.74. The summed E-state index contributed by atoms with van der Waals surface area (Å²) in [5.41, 5.74) is 5.57.